The van der Waals surface area contributed by atoms with Crippen LogP contribution in [0.5, 0.6) is 5.75 Å². The molecule has 0 atom stereocenters. The molecule has 0 bridgehead atoms. The van der Waals surface area contributed by atoms with E-state index >= 15 is 0 Å². The Morgan fingerprint density at radius 2 is 1.83 bits per heavy atom. The molecule has 0 saturated heterocycles. The molecule has 0 unspecified atom stereocenters. The summed E-state index contributed by atoms with van der Waals surface area (Å²) in [6, 6.07) is 16.0. The summed E-state index contributed by atoms with van der Waals surface area (Å²) in [5, 5.41) is 0.518. The number of halogens is 2. The summed E-state index contributed by atoms with van der Waals surface area (Å²) < 4.78 is 19.0. The zero-order valence-electron chi connectivity index (χ0n) is 12.9. The SMILES string of the molecule is Nc1ncc(-c2ccccc2)cc1OCCc1cc(F)ccc1Cl. The standard InChI is InChI=1S/C19H16ClFN2O/c20-17-7-6-16(21)10-14(17)8-9-24-18-11-15(12-23-19(18)22)13-4-2-1-3-5-13/h1-7,10-12H,8-9H2,(H2,22,23). The van der Waals surface area contributed by atoms with E-state index in [2.05, 4.69) is 4.98 Å². The first-order valence-electron chi connectivity index (χ1n) is 7.51. The summed E-state index contributed by atoms with van der Waals surface area (Å²) in [4.78, 5) is 4.18. The van der Waals surface area contributed by atoms with Crippen LogP contribution < -0.4 is 10.5 Å². The third-order valence-corrected chi connectivity index (χ3v) is 3.99. The molecule has 0 aliphatic rings. The molecular weight excluding hydrogens is 327 g/mol. The predicted molar refractivity (Wildman–Crippen MR) is 94.7 cm³/mol. The molecule has 0 fully saturated rings. The molecule has 3 nitrogen and oxygen atoms in total. The molecule has 0 aliphatic carbocycles. The van der Waals surface area contributed by atoms with Gasteiger partial charge in [0.05, 0.1) is 6.61 Å². The van der Waals surface area contributed by atoms with Crippen LogP contribution in [0.3, 0.4) is 0 Å². The molecule has 0 spiro atoms. The number of pyridine rings is 1. The first-order valence-corrected chi connectivity index (χ1v) is 7.89. The van der Waals surface area contributed by atoms with Gasteiger partial charge in [-0.3, -0.25) is 0 Å². The van der Waals surface area contributed by atoms with Crippen molar-refractivity contribution in [2.24, 2.45) is 0 Å². The summed E-state index contributed by atoms with van der Waals surface area (Å²) in [5.41, 5.74) is 8.53. The van der Waals surface area contributed by atoms with Crippen molar-refractivity contribution in [1.82, 2.24) is 4.98 Å². The summed E-state index contributed by atoms with van der Waals surface area (Å²) >= 11 is 6.06. The number of hydrogen-bond donors (Lipinski definition) is 1. The lowest BCUT2D eigenvalue weighted by Crippen LogP contribution is -2.05. The van der Waals surface area contributed by atoms with Crippen molar-refractivity contribution in [1.29, 1.82) is 0 Å². The molecule has 1 heterocycles. The molecule has 3 aromatic rings. The van der Waals surface area contributed by atoms with Gasteiger partial charge in [0, 0.05) is 23.2 Å². The smallest absolute Gasteiger partial charge is 0.166 e. The molecule has 0 aliphatic heterocycles. The Morgan fingerprint density at radius 3 is 2.62 bits per heavy atom. The average molecular weight is 343 g/mol. The number of rotatable bonds is 5. The summed E-state index contributed by atoms with van der Waals surface area (Å²) in [6.45, 7) is 0.327. The lowest BCUT2D eigenvalue weighted by atomic mass is 10.1. The normalized spacial score (nSPS) is 10.6. The predicted octanol–water partition coefficient (Wildman–Crippen LogP) is 4.74. The Bertz CT molecular complexity index is 840. The van der Waals surface area contributed by atoms with Crippen LogP contribution in [-0.2, 0) is 6.42 Å². The van der Waals surface area contributed by atoms with Crippen LogP contribution in [0.2, 0.25) is 5.02 Å². The fourth-order valence-corrected chi connectivity index (χ4v) is 2.58. The number of benzene rings is 2. The van der Waals surface area contributed by atoms with E-state index < -0.39 is 0 Å². The molecule has 24 heavy (non-hydrogen) atoms. The van der Waals surface area contributed by atoms with Crippen molar-refractivity contribution in [2.75, 3.05) is 12.3 Å². The Morgan fingerprint density at radius 1 is 1.04 bits per heavy atom. The van der Waals surface area contributed by atoms with E-state index in [1.54, 1.807) is 6.20 Å². The molecule has 2 aromatic carbocycles. The van der Waals surface area contributed by atoms with E-state index in [1.165, 1.54) is 18.2 Å². The van der Waals surface area contributed by atoms with Gasteiger partial charge in [0.1, 0.15) is 5.82 Å². The van der Waals surface area contributed by atoms with Gasteiger partial charge in [-0.25, -0.2) is 9.37 Å². The van der Waals surface area contributed by atoms with Crippen LogP contribution in [0.15, 0.2) is 60.8 Å². The maximum Gasteiger partial charge on any atom is 0.166 e. The number of ether oxygens (including phenoxy) is 1. The number of aromatic nitrogens is 1. The molecule has 0 radical (unpaired) electrons. The van der Waals surface area contributed by atoms with Crippen LogP contribution in [0, 0.1) is 5.82 Å². The number of hydrogen-bond acceptors (Lipinski definition) is 3. The highest BCUT2D eigenvalue weighted by molar-refractivity contribution is 6.31. The number of anilines is 1. The van der Waals surface area contributed by atoms with Gasteiger partial charge in [-0.1, -0.05) is 41.9 Å². The largest absolute Gasteiger partial charge is 0.489 e. The minimum absolute atomic E-state index is 0.318. The van der Waals surface area contributed by atoms with Gasteiger partial charge in [0.25, 0.3) is 0 Å². The van der Waals surface area contributed by atoms with E-state index in [1.807, 2.05) is 36.4 Å². The Balaban J connectivity index is 1.72. The van der Waals surface area contributed by atoms with Crippen LogP contribution in [0.4, 0.5) is 10.2 Å². The van der Waals surface area contributed by atoms with Gasteiger partial charge in [-0.05, 0) is 35.4 Å². The number of nitrogen functional groups attached to an aromatic ring is 1. The lowest BCUT2D eigenvalue weighted by Gasteiger charge is -2.11. The second kappa shape index (κ2) is 7.32. The third-order valence-electron chi connectivity index (χ3n) is 3.63. The first-order chi connectivity index (χ1) is 11.6. The van der Waals surface area contributed by atoms with Crippen LogP contribution in [0.1, 0.15) is 5.56 Å². The van der Waals surface area contributed by atoms with Gasteiger partial charge in [0.2, 0.25) is 0 Å². The minimum Gasteiger partial charge on any atom is -0.489 e. The molecule has 122 valence electrons. The van der Waals surface area contributed by atoms with Crippen molar-refractivity contribution in [3.63, 3.8) is 0 Å². The van der Waals surface area contributed by atoms with Gasteiger partial charge in [-0.2, -0.15) is 0 Å². The molecular formula is C19H16ClFN2O. The highest BCUT2D eigenvalue weighted by Crippen LogP contribution is 2.27. The van der Waals surface area contributed by atoms with Crippen molar-refractivity contribution in [3.05, 3.63) is 77.2 Å². The molecule has 1 aromatic heterocycles. The Kier molecular flexibility index (Phi) is 4.96. The van der Waals surface area contributed by atoms with Crippen molar-refractivity contribution in [3.8, 4) is 16.9 Å². The maximum absolute atomic E-state index is 13.3. The number of nitrogens with two attached hydrogens (primary N) is 1. The van der Waals surface area contributed by atoms with Gasteiger partial charge in [-0.15, -0.1) is 0 Å². The van der Waals surface area contributed by atoms with Crippen LogP contribution in [-0.4, -0.2) is 11.6 Å². The molecule has 5 heteroatoms. The Hall–Kier alpha value is -2.59. The quantitative estimate of drug-likeness (QED) is 0.728. The minimum atomic E-state index is -0.318. The monoisotopic (exact) mass is 342 g/mol. The van der Waals surface area contributed by atoms with E-state index in [-0.39, 0.29) is 5.82 Å². The second-order valence-corrected chi connectivity index (χ2v) is 5.71. The van der Waals surface area contributed by atoms with Gasteiger partial charge >= 0.3 is 0 Å². The molecule has 3 rings (SSSR count). The van der Waals surface area contributed by atoms with E-state index in [9.17, 15) is 4.39 Å². The average Bonchev–Trinajstić information content (AvgIpc) is 2.60. The summed E-state index contributed by atoms with van der Waals surface area (Å²) in [7, 11) is 0. The van der Waals surface area contributed by atoms with Crippen LogP contribution in [0.25, 0.3) is 11.1 Å². The van der Waals surface area contributed by atoms with Crippen molar-refractivity contribution < 1.29 is 9.13 Å². The fourth-order valence-electron chi connectivity index (χ4n) is 2.37. The molecule has 2 N–H and O–H groups in total. The molecule has 0 saturated carbocycles. The first kappa shape index (κ1) is 16.3. The molecule has 0 amide bonds. The van der Waals surface area contributed by atoms with Gasteiger partial charge < -0.3 is 10.5 Å². The van der Waals surface area contributed by atoms with E-state index in [0.29, 0.717) is 35.2 Å². The van der Waals surface area contributed by atoms with E-state index in [0.717, 1.165) is 11.1 Å². The van der Waals surface area contributed by atoms with Crippen molar-refractivity contribution >= 4 is 17.4 Å². The Labute approximate surface area is 144 Å². The fraction of sp³-hybridized carbons (Fsp3) is 0.105. The maximum atomic E-state index is 13.3. The van der Waals surface area contributed by atoms with E-state index in [4.69, 9.17) is 22.1 Å². The highest BCUT2D eigenvalue weighted by atomic mass is 35.5. The number of nitrogens with zero attached hydrogens (tertiary/aromatic N) is 1. The summed E-state index contributed by atoms with van der Waals surface area (Å²) in [5.74, 6) is 0.505. The zero-order valence-corrected chi connectivity index (χ0v) is 13.6. The second-order valence-electron chi connectivity index (χ2n) is 5.31. The summed E-state index contributed by atoms with van der Waals surface area (Å²) in [6.07, 6.45) is 2.19. The topological polar surface area (TPSA) is 48.1 Å². The van der Waals surface area contributed by atoms with Crippen LogP contribution >= 0.6 is 11.6 Å². The lowest BCUT2D eigenvalue weighted by molar-refractivity contribution is 0.322. The van der Waals surface area contributed by atoms with Crippen molar-refractivity contribution in [2.45, 2.75) is 6.42 Å². The zero-order chi connectivity index (χ0) is 16.9. The van der Waals surface area contributed by atoms with Gasteiger partial charge in [0.15, 0.2) is 11.6 Å². The highest BCUT2D eigenvalue weighted by Gasteiger charge is 2.07. The third kappa shape index (κ3) is 3.84.